The summed E-state index contributed by atoms with van der Waals surface area (Å²) in [5, 5.41) is 13.0. The van der Waals surface area contributed by atoms with Crippen LogP contribution < -0.4 is 10.2 Å². The van der Waals surface area contributed by atoms with E-state index >= 15 is 0 Å². The number of hydrogen-bond acceptors (Lipinski definition) is 5. The summed E-state index contributed by atoms with van der Waals surface area (Å²) >= 11 is 0. The van der Waals surface area contributed by atoms with E-state index in [1.165, 1.54) is 12.1 Å². The summed E-state index contributed by atoms with van der Waals surface area (Å²) in [5.74, 6) is -1.83. The van der Waals surface area contributed by atoms with Crippen LogP contribution in [-0.4, -0.2) is 23.9 Å². The van der Waals surface area contributed by atoms with Gasteiger partial charge in [-0.2, -0.15) is 0 Å². The minimum atomic E-state index is -0.735. The van der Waals surface area contributed by atoms with E-state index in [0.29, 0.717) is 5.69 Å². The maximum absolute atomic E-state index is 14.2. The van der Waals surface area contributed by atoms with Crippen LogP contribution in [0.25, 0.3) is 0 Å². The molecule has 1 aliphatic heterocycles. The average molecular weight is 319 g/mol. The number of furan rings is 1. The number of nitrogens with zero attached hydrogens (tertiary/aromatic N) is 2. The summed E-state index contributed by atoms with van der Waals surface area (Å²) in [4.78, 5) is 23.7. The Hall–Kier alpha value is -2.90. The molecule has 7 nitrogen and oxygen atoms in total. The van der Waals surface area contributed by atoms with Gasteiger partial charge >= 0.3 is 5.88 Å². The summed E-state index contributed by atoms with van der Waals surface area (Å²) in [5.41, 5.74) is 0.767. The molecule has 1 fully saturated rings. The normalized spacial score (nSPS) is 14.0. The SMILES string of the molecule is O=C(Nc1ccc(N2CCCC2)c(F)c1)c1ccc([N+](=O)[O-])o1. The highest BCUT2D eigenvalue weighted by atomic mass is 19.1. The second-order valence-corrected chi connectivity index (χ2v) is 5.21. The van der Waals surface area contributed by atoms with Crippen molar-refractivity contribution in [3.8, 4) is 0 Å². The van der Waals surface area contributed by atoms with Gasteiger partial charge in [-0.15, -0.1) is 0 Å². The van der Waals surface area contributed by atoms with Crippen LogP contribution in [0.3, 0.4) is 0 Å². The van der Waals surface area contributed by atoms with Gasteiger partial charge in [0.05, 0.1) is 11.8 Å². The van der Waals surface area contributed by atoms with Crippen LogP contribution in [0, 0.1) is 15.9 Å². The summed E-state index contributed by atoms with van der Waals surface area (Å²) in [6.45, 7) is 1.64. The second-order valence-electron chi connectivity index (χ2n) is 5.21. The first-order valence-electron chi connectivity index (χ1n) is 7.14. The van der Waals surface area contributed by atoms with E-state index in [2.05, 4.69) is 5.32 Å². The van der Waals surface area contributed by atoms with E-state index in [1.807, 2.05) is 4.90 Å². The Morgan fingerprint density at radius 1 is 1.26 bits per heavy atom. The molecule has 2 heterocycles. The fraction of sp³-hybridized carbons (Fsp3) is 0.267. The van der Waals surface area contributed by atoms with Crippen LogP contribution >= 0.6 is 0 Å². The molecule has 120 valence electrons. The molecule has 2 aromatic rings. The zero-order valence-corrected chi connectivity index (χ0v) is 12.1. The number of anilines is 2. The molecule has 23 heavy (non-hydrogen) atoms. The third-order valence-corrected chi connectivity index (χ3v) is 3.65. The van der Waals surface area contributed by atoms with Crippen molar-refractivity contribution in [3.63, 3.8) is 0 Å². The molecular formula is C15H14FN3O4. The summed E-state index contributed by atoms with van der Waals surface area (Å²) in [6, 6.07) is 6.71. The molecule has 0 atom stereocenters. The first-order valence-corrected chi connectivity index (χ1v) is 7.14. The number of benzene rings is 1. The van der Waals surface area contributed by atoms with Crippen LogP contribution in [0.15, 0.2) is 34.7 Å². The fourth-order valence-electron chi connectivity index (χ4n) is 2.54. The molecule has 0 aliphatic carbocycles. The Morgan fingerprint density at radius 2 is 2.00 bits per heavy atom. The monoisotopic (exact) mass is 319 g/mol. The quantitative estimate of drug-likeness (QED) is 0.690. The lowest BCUT2D eigenvalue weighted by atomic mass is 10.2. The largest absolute Gasteiger partial charge is 0.433 e. The van der Waals surface area contributed by atoms with Crippen LogP contribution in [-0.2, 0) is 0 Å². The van der Waals surface area contributed by atoms with Crippen molar-refractivity contribution in [1.82, 2.24) is 0 Å². The molecule has 8 heteroatoms. The Kier molecular flexibility index (Phi) is 3.96. The highest BCUT2D eigenvalue weighted by Crippen LogP contribution is 2.26. The maximum Gasteiger partial charge on any atom is 0.433 e. The average Bonchev–Trinajstić information content (AvgIpc) is 3.19. The standard InChI is InChI=1S/C15H14FN3O4/c16-11-9-10(3-4-12(11)18-7-1-2-8-18)17-15(20)13-5-6-14(23-13)19(21)22/h3-6,9H,1-2,7-8H2,(H,17,20). The molecule has 1 aliphatic rings. The highest BCUT2D eigenvalue weighted by molar-refractivity contribution is 6.02. The van der Waals surface area contributed by atoms with Crippen molar-refractivity contribution in [2.24, 2.45) is 0 Å². The predicted octanol–water partition coefficient (Wildman–Crippen LogP) is 3.18. The fourth-order valence-corrected chi connectivity index (χ4v) is 2.54. The van der Waals surface area contributed by atoms with Crippen molar-refractivity contribution in [2.45, 2.75) is 12.8 Å². The molecule has 3 rings (SSSR count). The smallest absolute Gasteiger partial charge is 0.395 e. The molecule has 0 radical (unpaired) electrons. The van der Waals surface area contributed by atoms with Gasteiger partial charge in [0.1, 0.15) is 10.7 Å². The van der Waals surface area contributed by atoms with Gasteiger partial charge in [-0.25, -0.2) is 4.39 Å². The topological polar surface area (TPSA) is 88.6 Å². The first kappa shape index (κ1) is 15.0. The van der Waals surface area contributed by atoms with Crippen molar-refractivity contribution in [3.05, 3.63) is 52.0 Å². The van der Waals surface area contributed by atoms with E-state index in [4.69, 9.17) is 4.42 Å². The van der Waals surface area contributed by atoms with E-state index in [0.717, 1.165) is 32.0 Å². The molecule has 0 saturated carbocycles. The van der Waals surface area contributed by atoms with Crippen LogP contribution in [0.2, 0.25) is 0 Å². The number of nitrogens with one attached hydrogen (secondary N) is 1. The molecule has 0 unspecified atom stereocenters. The maximum atomic E-state index is 14.2. The summed E-state index contributed by atoms with van der Waals surface area (Å²) < 4.78 is 19.0. The zero-order chi connectivity index (χ0) is 16.4. The highest BCUT2D eigenvalue weighted by Gasteiger charge is 2.19. The molecule has 1 N–H and O–H groups in total. The molecule has 1 aromatic heterocycles. The Morgan fingerprint density at radius 3 is 2.61 bits per heavy atom. The van der Waals surface area contributed by atoms with Gasteiger partial charge < -0.3 is 14.6 Å². The zero-order valence-electron chi connectivity index (χ0n) is 12.1. The molecule has 0 spiro atoms. The first-order chi connectivity index (χ1) is 11.0. The minimum absolute atomic E-state index is 0.208. The van der Waals surface area contributed by atoms with Crippen LogP contribution in [0.1, 0.15) is 23.4 Å². The second kappa shape index (κ2) is 6.07. The molecule has 1 saturated heterocycles. The van der Waals surface area contributed by atoms with Crippen LogP contribution in [0.4, 0.5) is 21.6 Å². The Labute approximate surface area is 130 Å². The third kappa shape index (κ3) is 3.15. The van der Waals surface area contributed by atoms with Gasteiger partial charge in [0.15, 0.2) is 5.76 Å². The minimum Gasteiger partial charge on any atom is -0.395 e. The lowest BCUT2D eigenvalue weighted by molar-refractivity contribution is -0.402. The summed E-state index contributed by atoms with van der Waals surface area (Å²) in [7, 11) is 0. The number of carbonyl (C=O) groups excluding carboxylic acids is 1. The van der Waals surface area contributed by atoms with Crippen molar-refractivity contribution < 1.29 is 18.5 Å². The molecule has 1 amide bonds. The van der Waals surface area contributed by atoms with E-state index in [1.54, 1.807) is 12.1 Å². The molecule has 0 bridgehead atoms. The lowest BCUT2D eigenvalue weighted by Crippen LogP contribution is -2.19. The van der Waals surface area contributed by atoms with Gasteiger partial charge in [0.2, 0.25) is 0 Å². The van der Waals surface area contributed by atoms with Crippen LogP contribution in [0.5, 0.6) is 0 Å². The Balaban J connectivity index is 1.73. The third-order valence-electron chi connectivity index (χ3n) is 3.65. The van der Waals surface area contributed by atoms with E-state index in [-0.39, 0.29) is 11.4 Å². The number of hydrogen-bond donors (Lipinski definition) is 1. The molecular weight excluding hydrogens is 305 g/mol. The number of nitro groups is 1. The number of amides is 1. The van der Waals surface area contributed by atoms with Gasteiger partial charge in [0, 0.05) is 18.8 Å². The van der Waals surface area contributed by atoms with Gasteiger partial charge in [-0.1, -0.05) is 0 Å². The predicted molar refractivity (Wildman–Crippen MR) is 81.2 cm³/mol. The van der Waals surface area contributed by atoms with Crippen molar-refractivity contribution >= 4 is 23.2 Å². The Bertz CT molecular complexity index is 753. The van der Waals surface area contributed by atoms with E-state index < -0.39 is 22.5 Å². The van der Waals surface area contributed by atoms with Crippen molar-refractivity contribution in [2.75, 3.05) is 23.3 Å². The summed E-state index contributed by atoms with van der Waals surface area (Å²) in [6.07, 6.45) is 2.07. The van der Waals surface area contributed by atoms with Gasteiger partial charge in [-0.3, -0.25) is 14.9 Å². The molecule has 1 aromatic carbocycles. The lowest BCUT2D eigenvalue weighted by Gasteiger charge is -2.18. The number of rotatable bonds is 4. The number of carbonyl (C=O) groups is 1. The number of halogens is 1. The van der Waals surface area contributed by atoms with Gasteiger partial charge in [-0.05, 0) is 37.1 Å². The van der Waals surface area contributed by atoms with Gasteiger partial charge in [0.25, 0.3) is 5.91 Å². The van der Waals surface area contributed by atoms with E-state index in [9.17, 15) is 19.3 Å². The van der Waals surface area contributed by atoms with Crippen molar-refractivity contribution in [1.29, 1.82) is 0 Å².